The van der Waals surface area contributed by atoms with Crippen molar-refractivity contribution in [2.45, 2.75) is 83.1 Å². The van der Waals surface area contributed by atoms with E-state index in [-0.39, 0.29) is 35.6 Å². The molecule has 0 aromatic carbocycles. The van der Waals surface area contributed by atoms with Crippen LogP contribution in [0.25, 0.3) is 0 Å². The quantitative estimate of drug-likeness (QED) is 0.351. The molecule has 0 N–H and O–H groups in total. The summed E-state index contributed by atoms with van der Waals surface area (Å²) in [6.07, 6.45) is -0.999. The molecule has 1 saturated heterocycles. The van der Waals surface area contributed by atoms with Crippen molar-refractivity contribution in [3.63, 3.8) is 0 Å². The predicted octanol–water partition coefficient (Wildman–Crippen LogP) is 3.91. The molecule has 0 saturated carbocycles. The third kappa shape index (κ3) is 4.41. The standard InChI is InChI=1S/C25H40O8Si/c1-13(2)34(14(3)4,15(5)6)32-12-18-23-16(10-19(28-7)33-18)20-17(11-31-23)21(26)24(29-8)25(30-9)22(20)27/h13-16,18-19,23H,10-12H2,1-9H3/t16-,18-,19+,23+/m1/s1. The van der Waals surface area contributed by atoms with Crippen molar-refractivity contribution in [1.29, 1.82) is 0 Å². The molecule has 2 aliphatic heterocycles. The first-order chi connectivity index (χ1) is 16.0. The van der Waals surface area contributed by atoms with Gasteiger partial charge in [0.1, 0.15) is 6.10 Å². The minimum absolute atomic E-state index is 0.0174. The van der Waals surface area contributed by atoms with Crippen molar-refractivity contribution in [2.75, 3.05) is 34.5 Å². The van der Waals surface area contributed by atoms with Gasteiger partial charge in [-0.25, -0.2) is 0 Å². The number of fused-ring (bicyclic) bond motifs is 2. The number of rotatable bonds is 9. The summed E-state index contributed by atoms with van der Waals surface area (Å²) in [5, 5.41) is 0. The zero-order chi connectivity index (χ0) is 25.4. The van der Waals surface area contributed by atoms with Gasteiger partial charge in [-0.15, -0.1) is 0 Å². The van der Waals surface area contributed by atoms with Gasteiger partial charge in [-0.05, 0) is 16.6 Å². The van der Waals surface area contributed by atoms with Crippen LogP contribution < -0.4 is 0 Å². The molecule has 0 unspecified atom stereocenters. The van der Waals surface area contributed by atoms with Crippen molar-refractivity contribution < 1.29 is 37.7 Å². The minimum atomic E-state index is -2.14. The van der Waals surface area contributed by atoms with E-state index in [0.29, 0.717) is 40.8 Å². The highest BCUT2D eigenvalue weighted by Crippen LogP contribution is 2.45. The summed E-state index contributed by atoms with van der Waals surface area (Å²) in [7, 11) is 2.16. The zero-order valence-electron chi connectivity index (χ0n) is 21.9. The van der Waals surface area contributed by atoms with Gasteiger partial charge in [-0.2, -0.15) is 0 Å². The third-order valence-electron chi connectivity index (χ3n) is 7.67. The lowest BCUT2D eigenvalue weighted by Gasteiger charge is -2.48. The number of hydrogen-bond donors (Lipinski definition) is 0. The van der Waals surface area contributed by atoms with Gasteiger partial charge in [-0.1, -0.05) is 41.5 Å². The van der Waals surface area contributed by atoms with E-state index < -0.39 is 26.8 Å². The lowest BCUT2D eigenvalue weighted by molar-refractivity contribution is -0.242. The molecule has 192 valence electrons. The first-order valence-corrected chi connectivity index (χ1v) is 14.3. The molecule has 3 aliphatic rings. The van der Waals surface area contributed by atoms with Crippen LogP contribution in [0.2, 0.25) is 16.6 Å². The fraction of sp³-hybridized carbons (Fsp3) is 0.760. The number of carbonyl (C=O) groups excluding carboxylic acids is 2. The molecule has 34 heavy (non-hydrogen) atoms. The van der Waals surface area contributed by atoms with E-state index in [4.69, 9.17) is 28.1 Å². The summed E-state index contributed by atoms with van der Waals surface area (Å²) in [4.78, 5) is 26.5. The molecule has 4 atom stereocenters. The Hall–Kier alpha value is -1.52. The SMILES string of the molecule is COC1=C(OC)C(=O)C2=C(CO[C@H]3[C@@H]2C[C@@H](OC)O[C@@H]3CO[Si](C(C)C)(C(C)C)C(C)C)C1=O. The van der Waals surface area contributed by atoms with E-state index in [2.05, 4.69) is 41.5 Å². The Labute approximate surface area is 204 Å². The number of Topliss-reactive ketones (excluding diaryl/α,β-unsaturated/α-hetero) is 2. The predicted molar refractivity (Wildman–Crippen MR) is 129 cm³/mol. The molecular weight excluding hydrogens is 456 g/mol. The minimum Gasteiger partial charge on any atom is -0.489 e. The average Bonchev–Trinajstić information content (AvgIpc) is 2.79. The van der Waals surface area contributed by atoms with Crippen molar-refractivity contribution in [3.8, 4) is 0 Å². The van der Waals surface area contributed by atoms with Gasteiger partial charge in [0.15, 0.2) is 14.6 Å². The molecule has 1 aliphatic carbocycles. The Morgan fingerprint density at radius 1 is 0.912 bits per heavy atom. The lowest BCUT2D eigenvalue weighted by Crippen LogP contribution is -2.56. The van der Waals surface area contributed by atoms with Crippen LogP contribution in [-0.4, -0.2) is 72.9 Å². The summed E-state index contributed by atoms with van der Waals surface area (Å²) in [5.74, 6) is -1.22. The maximum Gasteiger partial charge on any atom is 0.230 e. The number of methoxy groups -OCH3 is 3. The Morgan fingerprint density at radius 2 is 1.47 bits per heavy atom. The molecule has 8 nitrogen and oxygen atoms in total. The van der Waals surface area contributed by atoms with Crippen molar-refractivity contribution in [3.05, 3.63) is 22.7 Å². The average molecular weight is 497 g/mol. The molecule has 9 heteroatoms. The first kappa shape index (κ1) is 27.1. The number of carbonyl (C=O) groups is 2. The summed E-state index contributed by atoms with van der Waals surface area (Å²) in [6, 6.07) is 0. The van der Waals surface area contributed by atoms with Gasteiger partial charge in [0.25, 0.3) is 0 Å². The highest BCUT2D eigenvalue weighted by atomic mass is 28.4. The molecule has 3 rings (SSSR count). The molecular formula is C25H40O8Si. The fourth-order valence-electron chi connectivity index (χ4n) is 6.26. The molecule has 0 amide bonds. The van der Waals surface area contributed by atoms with Crippen LogP contribution >= 0.6 is 0 Å². The van der Waals surface area contributed by atoms with E-state index in [1.54, 1.807) is 7.11 Å². The second-order valence-corrected chi connectivity index (χ2v) is 15.7. The third-order valence-corrected chi connectivity index (χ3v) is 13.7. The van der Waals surface area contributed by atoms with E-state index >= 15 is 0 Å². The van der Waals surface area contributed by atoms with E-state index in [1.165, 1.54) is 14.2 Å². The van der Waals surface area contributed by atoms with Crippen LogP contribution in [0.5, 0.6) is 0 Å². The number of ketones is 2. The first-order valence-electron chi connectivity index (χ1n) is 12.1. The Morgan fingerprint density at radius 3 is 1.97 bits per heavy atom. The summed E-state index contributed by atoms with van der Waals surface area (Å²) in [6.45, 7) is 13.8. The largest absolute Gasteiger partial charge is 0.489 e. The van der Waals surface area contributed by atoms with E-state index in [0.717, 1.165) is 0 Å². The second kappa shape index (κ2) is 10.6. The molecule has 0 aromatic rings. The zero-order valence-corrected chi connectivity index (χ0v) is 22.9. The van der Waals surface area contributed by atoms with Crippen molar-refractivity contribution >= 4 is 19.9 Å². The van der Waals surface area contributed by atoms with Gasteiger partial charge in [0, 0.05) is 30.6 Å². The molecule has 0 radical (unpaired) electrons. The normalized spacial score (nSPS) is 28.1. The number of allylic oxidation sites excluding steroid dienone is 2. The maximum absolute atomic E-state index is 13.4. The molecule has 0 spiro atoms. The van der Waals surface area contributed by atoms with Crippen LogP contribution in [0.1, 0.15) is 48.0 Å². The summed E-state index contributed by atoms with van der Waals surface area (Å²) < 4.78 is 35.3. The highest BCUT2D eigenvalue weighted by molar-refractivity contribution is 6.77. The van der Waals surface area contributed by atoms with E-state index in [1.807, 2.05) is 0 Å². The van der Waals surface area contributed by atoms with Gasteiger partial charge in [-0.3, -0.25) is 9.59 Å². The molecule has 2 heterocycles. The fourth-order valence-corrected chi connectivity index (χ4v) is 11.7. The van der Waals surface area contributed by atoms with Crippen LogP contribution in [0.15, 0.2) is 22.7 Å². The van der Waals surface area contributed by atoms with Crippen LogP contribution in [-0.2, 0) is 37.7 Å². The smallest absolute Gasteiger partial charge is 0.230 e. The number of ether oxygens (including phenoxy) is 5. The Balaban J connectivity index is 1.94. The molecule has 0 aromatic heterocycles. The molecule has 1 fully saturated rings. The van der Waals surface area contributed by atoms with Crippen molar-refractivity contribution in [2.24, 2.45) is 5.92 Å². The van der Waals surface area contributed by atoms with Crippen molar-refractivity contribution in [1.82, 2.24) is 0 Å². The van der Waals surface area contributed by atoms with Crippen LogP contribution in [0, 0.1) is 5.92 Å². The van der Waals surface area contributed by atoms with Gasteiger partial charge >= 0.3 is 0 Å². The Kier molecular flexibility index (Phi) is 8.45. The Bertz CT molecular complexity index is 837. The second-order valence-electron chi connectivity index (χ2n) is 10.2. The molecule has 0 bridgehead atoms. The van der Waals surface area contributed by atoms with E-state index in [9.17, 15) is 9.59 Å². The van der Waals surface area contributed by atoms with Gasteiger partial charge < -0.3 is 28.1 Å². The summed E-state index contributed by atoms with van der Waals surface area (Å²) >= 11 is 0. The monoisotopic (exact) mass is 496 g/mol. The summed E-state index contributed by atoms with van der Waals surface area (Å²) in [5.41, 5.74) is 2.02. The maximum atomic E-state index is 13.4. The van der Waals surface area contributed by atoms with Crippen LogP contribution in [0.3, 0.4) is 0 Å². The lowest BCUT2D eigenvalue weighted by atomic mass is 9.75. The van der Waals surface area contributed by atoms with Gasteiger partial charge in [0.2, 0.25) is 23.1 Å². The van der Waals surface area contributed by atoms with Crippen LogP contribution in [0.4, 0.5) is 0 Å². The topological polar surface area (TPSA) is 89.5 Å². The number of hydrogen-bond acceptors (Lipinski definition) is 8. The highest BCUT2D eigenvalue weighted by Gasteiger charge is 2.52. The van der Waals surface area contributed by atoms with Gasteiger partial charge in [0.05, 0.1) is 33.5 Å².